The molecule has 0 saturated carbocycles. The van der Waals surface area contributed by atoms with Crippen molar-refractivity contribution in [1.29, 1.82) is 0 Å². The van der Waals surface area contributed by atoms with Crippen molar-refractivity contribution in [3.05, 3.63) is 82.7 Å². The molecule has 1 atom stereocenters. The van der Waals surface area contributed by atoms with Crippen LogP contribution in [0, 0.1) is 18.8 Å². The number of hydrogen-bond donors (Lipinski definition) is 1. The quantitative estimate of drug-likeness (QED) is 0.255. The zero-order chi connectivity index (χ0) is 30.6. The van der Waals surface area contributed by atoms with Crippen LogP contribution in [0.2, 0.25) is 0 Å². The van der Waals surface area contributed by atoms with Gasteiger partial charge in [0.05, 0.1) is 0 Å². The Morgan fingerprint density at radius 2 is 1.62 bits per heavy atom. The third-order valence-corrected chi connectivity index (χ3v) is 6.67. The van der Waals surface area contributed by atoms with E-state index in [2.05, 4.69) is 38.1 Å². The number of aryl methyl sites for hydroxylation is 2. The monoisotopic (exact) mass is 576 g/mol. The maximum Gasteiger partial charge on any atom is 0.408 e. The van der Waals surface area contributed by atoms with Crippen molar-refractivity contribution in [3.63, 3.8) is 0 Å². The predicted octanol–water partition coefficient (Wildman–Crippen LogP) is 5.03. The van der Waals surface area contributed by atoms with Crippen molar-refractivity contribution in [2.45, 2.75) is 66.7 Å². The van der Waals surface area contributed by atoms with Gasteiger partial charge in [0.2, 0.25) is 5.91 Å². The van der Waals surface area contributed by atoms with Crippen molar-refractivity contribution in [3.8, 4) is 5.75 Å². The molecule has 3 aromatic rings. The second-order valence-electron chi connectivity index (χ2n) is 11.5. The van der Waals surface area contributed by atoms with Crippen LogP contribution in [-0.2, 0) is 47.4 Å². The molecule has 0 unspecified atom stereocenters. The number of amides is 2. The number of carbonyl (C=O) groups excluding carboxylic acids is 3. The maximum atomic E-state index is 13.8. The minimum atomic E-state index is -0.806. The summed E-state index contributed by atoms with van der Waals surface area (Å²) in [5.41, 5.74) is 4.40. The largest absolute Gasteiger partial charge is 0.487 e. The summed E-state index contributed by atoms with van der Waals surface area (Å²) in [7, 11) is 1.89. The normalized spacial score (nSPS) is 11.8. The first kappa shape index (κ1) is 32.4. The molecule has 0 bridgehead atoms. The number of aldehydes is 1. The Morgan fingerprint density at radius 1 is 0.952 bits per heavy atom. The number of ether oxygens (including phenoxy) is 2. The fraction of sp³-hybridized carbons (Fsp3) is 0.455. The Hall–Kier alpha value is -4.14. The van der Waals surface area contributed by atoms with Gasteiger partial charge < -0.3 is 24.5 Å². The van der Waals surface area contributed by atoms with Gasteiger partial charge in [-0.2, -0.15) is 5.10 Å². The molecule has 1 N–H and O–H groups in total. The van der Waals surface area contributed by atoms with Gasteiger partial charge in [-0.3, -0.25) is 9.48 Å². The van der Waals surface area contributed by atoms with E-state index in [4.69, 9.17) is 9.47 Å². The van der Waals surface area contributed by atoms with Crippen LogP contribution in [0.5, 0.6) is 5.75 Å². The molecule has 0 aliphatic heterocycles. The second kappa shape index (κ2) is 15.7. The Morgan fingerprint density at radius 3 is 2.21 bits per heavy atom. The lowest BCUT2D eigenvalue weighted by molar-refractivity contribution is -0.134. The third kappa shape index (κ3) is 10.4. The summed E-state index contributed by atoms with van der Waals surface area (Å²) < 4.78 is 13.2. The summed E-state index contributed by atoms with van der Waals surface area (Å²) in [5, 5.41) is 7.24. The number of aromatic nitrogens is 2. The smallest absolute Gasteiger partial charge is 0.408 e. The minimum Gasteiger partial charge on any atom is -0.487 e. The van der Waals surface area contributed by atoms with Gasteiger partial charge in [-0.05, 0) is 53.6 Å². The zero-order valence-corrected chi connectivity index (χ0v) is 25.6. The Labute approximate surface area is 249 Å². The van der Waals surface area contributed by atoms with Crippen LogP contribution in [0.3, 0.4) is 0 Å². The molecule has 0 saturated heterocycles. The van der Waals surface area contributed by atoms with E-state index in [1.807, 2.05) is 78.2 Å². The number of carbonyl (C=O) groups is 3. The van der Waals surface area contributed by atoms with E-state index in [-0.39, 0.29) is 24.3 Å². The molecule has 42 heavy (non-hydrogen) atoms. The fourth-order valence-corrected chi connectivity index (χ4v) is 4.65. The van der Waals surface area contributed by atoms with Gasteiger partial charge in [0, 0.05) is 38.7 Å². The van der Waals surface area contributed by atoms with Crippen LogP contribution in [0.25, 0.3) is 0 Å². The van der Waals surface area contributed by atoms with Crippen molar-refractivity contribution in [2.75, 3.05) is 13.1 Å². The van der Waals surface area contributed by atoms with Crippen molar-refractivity contribution < 1.29 is 23.9 Å². The summed E-state index contributed by atoms with van der Waals surface area (Å²) in [6.07, 6.45) is 0.761. The molecule has 2 aromatic carbocycles. The predicted molar refractivity (Wildman–Crippen MR) is 162 cm³/mol. The van der Waals surface area contributed by atoms with Crippen LogP contribution < -0.4 is 10.1 Å². The van der Waals surface area contributed by atoms with Gasteiger partial charge in [-0.15, -0.1) is 0 Å². The van der Waals surface area contributed by atoms with Crippen LogP contribution in [-0.4, -0.2) is 52.1 Å². The van der Waals surface area contributed by atoms with E-state index in [9.17, 15) is 14.4 Å². The van der Waals surface area contributed by atoms with E-state index < -0.39 is 12.1 Å². The van der Waals surface area contributed by atoms with E-state index in [1.165, 1.54) is 0 Å². The number of rotatable bonds is 15. The summed E-state index contributed by atoms with van der Waals surface area (Å²) in [4.78, 5) is 39.4. The molecule has 0 fully saturated rings. The molecule has 0 aliphatic rings. The van der Waals surface area contributed by atoms with Crippen LogP contribution >= 0.6 is 0 Å². The zero-order valence-electron chi connectivity index (χ0n) is 25.6. The van der Waals surface area contributed by atoms with Crippen molar-refractivity contribution >= 4 is 18.3 Å². The molecule has 0 radical (unpaired) electrons. The molecule has 2 amide bonds. The Kier molecular flexibility index (Phi) is 12.1. The molecule has 3 rings (SSSR count). The third-order valence-electron chi connectivity index (χ3n) is 6.67. The maximum absolute atomic E-state index is 13.8. The van der Waals surface area contributed by atoms with Gasteiger partial charge >= 0.3 is 6.09 Å². The average molecular weight is 577 g/mol. The summed E-state index contributed by atoms with van der Waals surface area (Å²) in [6, 6.07) is 16.0. The van der Waals surface area contributed by atoms with Gasteiger partial charge in [0.15, 0.2) is 0 Å². The van der Waals surface area contributed by atoms with Gasteiger partial charge in [0.25, 0.3) is 0 Å². The van der Waals surface area contributed by atoms with E-state index >= 15 is 0 Å². The number of nitrogens with zero attached hydrogens (tertiary/aromatic N) is 3. The topological polar surface area (TPSA) is 103 Å². The standard InChI is InChI=1S/C33H44N4O5/c1-23(2)19-37(20-24(3)4)32(39)31(34-33(40)42-21-28-9-7-8-26(17-28)14-15-38)18-27-10-12-30(13-11-27)41-22-29-16-25(5)36(6)35-29/h7-13,15-17,23-24,31H,14,18-22H2,1-6H3,(H,34,40)/t31-/m0/s1. The molecule has 226 valence electrons. The summed E-state index contributed by atoms with van der Waals surface area (Å²) in [5.74, 6) is 1.10. The van der Waals surface area contributed by atoms with Gasteiger partial charge in [0.1, 0.15) is 37.0 Å². The minimum absolute atomic E-state index is 0.0307. The van der Waals surface area contributed by atoms with E-state index in [0.29, 0.717) is 38.3 Å². The highest BCUT2D eigenvalue weighted by Crippen LogP contribution is 2.17. The van der Waals surface area contributed by atoms with Crippen LogP contribution in [0.15, 0.2) is 54.6 Å². The summed E-state index contributed by atoms with van der Waals surface area (Å²) in [6.45, 7) is 11.8. The molecular formula is C33H44N4O5. The van der Waals surface area contributed by atoms with Gasteiger partial charge in [-0.25, -0.2) is 4.79 Å². The molecule has 9 nitrogen and oxygen atoms in total. The second-order valence-corrected chi connectivity index (χ2v) is 11.5. The first-order valence-electron chi connectivity index (χ1n) is 14.5. The van der Waals surface area contributed by atoms with Crippen LogP contribution in [0.4, 0.5) is 4.79 Å². The first-order chi connectivity index (χ1) is 20.0. The van der Waals surface area contributed by atoms with E-state index in [1.54, 1.807) is 0 Å². The highest BCUT2D eigenvalue weighted by molar-refractivity contribution is 5.86. The Bertz CT molecular complexity index is 1290. The highest BCUT2D eigenvalue weighted by Gasteiger charge is 2.28. The summed E-state index contributed by atoms with van der Waals surface area (Å²) >= 11 is 0. The van der Waals surface area contributed by atoms with Crippen molar-refractivity contribution in [1.82, 2.24) is 20.0 Å². The fourth-order valence-electron chi connectivity index (χ4n) is 4.65. The molecule has 0 spiro atoms. The molecular weight excluding hydrogens is 532 g/mol. The average Bonchev–Trinajstić information content (AvgIpc) is 3.27. The van der Waals surface area contributed by atoms with Crippen molar-refractivity contribution in [2.24, 2.45) is 18.9 Å². The van der Waals surface area contributed by atoms with E-state index in [0.717, 1.165) is 34.4 Å². The number of benzene rings is 2. The first-order valence-corrected chi connectivity index (χ1v) is 14.5. The molecule has 1 aromatic heterocycles. The number of nitrogens with one attached hydrogen (secondary N) is 1. The van der Waals surface area contributed by atoms with Gasteiger partial charge in [-0.1, -0.05) is 64.1 Å². The molecule has 1 heterocycles. The lowest BCUT2D eigenvalue weighted by atomic mass is 10.0. The SMILES string of the molecule is Cc1cc(COc2ccc(C[C@H](NC(=O)OCc3cccc(CC=O)c3)C(=O)N(CC(C)C)CC(C)C)cc2)nn1C. The van der Waals surface area contributed by atoms with Crippen LogP contribution in [0.1, 0.15) is 55.8 Å². The highest BCUT2D eigenvalue weighted by atomic mass is 16.5. The Balaban J connectivity index is 1.71. The molecule has 9 heteroatoms. The number of alkyl carbamates (subject to hydrolysis) is 1. The lowest BCUT2D eigenvalue weighted by Crippen LogP contribution is -2.51. The number of hydrogen-bond acceptors (Lipinski definition) is 6. The lowest BCUT2D eigenvalue weighted by Gasteiger charge is -2.30. The molecule has 0 aliphatic carbocycles.